The van der Waals surface area contributed by atoms with E-state index in [1.54, 1.807) is 43.6 Å². The van der Waals surface area contributed by atoms with Gasteiger partial charge in [-0.2, -0.15) is 0 Å². The summed E-state index contributed by atoms with van der Waals surface area (Å²) in [7, 11) is 1.57. The molecule has 0 bridgehead atoms. The number of hydrogen-bond donors (Lipinski definition) is 3. The number of rotatable bonds is 4. The van der Waals surface area contributed by atoms with E-state index in [2.05, 4.69) is 20.6 Å². The smallest absolute Gasteiger partial charge is 0.332 e. The van der Waals surface area contributed by atoms with E-state index in [9.17, 15) is 14.0 Å². The summed E-state index contributed by atoms with van der Waals surface area (Å²) >= 11 is 0. The van der Waals surface area contributed by atoms with Crippen LogP contribution in [-0.2, 0) is 0 Å². The van der Waals surface area contributed by atoms with Gasteiger partial charge in [-0.05, 0) is 42.8 Å². The Morgan fingerprint density at radius 1 is 1.17 bits per heavy atom. The quantitative estimate of drug-likeness (QED) is 0.498. The van der Waals surface area contributed by atoms with Crippen LogP contribution in [0.5, 0.6) is 0 Å². The number of nitrogens with one attached hydrogen (secondary N) is 3. The fourth-order valence-corrected chi connectivity index (χ4v) is 3.12. The molecule has 4 rings (SSSR count). The number of halogens is 1. The number of carbonyl (C=O) groups is 1. The van der Waals surface area contributed by atoms with Crippen LogP contribution >= 0.6 is 0 Å². The van der Waals surface area contributed by atoms with Gasteiger partial charge in [0.25, 0.3) is 5.91 Å². The van der Waals surface area contributed by atoms with Gasteiger partial charge >= 0.3 is 5.69 Å². The van der Waals surface area contributed by atoms with Crippen LogP contribution < -0.4 is 16.3 Å². The van der Waals surface area contributed by atoms with Gasteiger partial charge in [0.05, 0.1) is 23.1 Å². The van der Waals surface area contributed by atoms with Crippen molar-refractivity contribution < 1.29 is 9.18 Å². The molecule has 0 saturated carbocycles. The minimum atomic E-state index is -0.513. The maximum atomic E-state index is 14.2. The predicted molar refractivity (Wildman–Crippen MR) is 110 cm³/mol. The zero-order valence-corrected chi connectivity index (χ0v) is 15.8. The molecule has 0 unspecified atom stereocenters. The molecule has 0 spiro atoms. The number of anilines is 2. The van der Waals surface area contributed by atoms with Crippen molar-refractivity contribution in [3.8, 4) is 5.69 Å². The minimum Gasteiger partial charge on any atom is -0.355 e. The number of aryl methyl sites for hydroxylation is 1. The molecule has 0 saturated heterocycles. The van der Waals surface area contributed by atoms with Gasteiger partial charge in [-0.1, -0.05) is 18.2 Å². The van der Waals surface area contributed by atoms with Crippen LogP contribution in [0.3, 0.4) is 0 Å². The summed E-state index contributed by atoms with van der Waals surface area (Å²) in [4.78, 5) is 31.3. The van der Waals surface area contributed by atoms with E-state index in [0.717, 1.165) is 11.3 Å². The van der Waals surface area contributed by atoms with E-state index in [-0.39, 0.29) is 11.6 Å². The second-order valence-electron chi connectivity index (χ2n) is 6.55. The average Bonchev–Trinajstić information content (AvgIpc) is 3.04. The first kappa shape index (κ1) is 18.4. The number of fused-ring (bicyclic) bond motifs is 1. The third-order valence-electron chi connectivity index (χ3n) is 4.62. The minimum absolute atomic E-state index is 0.131. The van der Waals surface area contributed by atoms with Crippen LogP contribution in [-0.4, -0.2) is 27.5 Å². The van der Waals surface area contributed by atoms with Crippen molar-refractivity contribution in [1.82, 2.24) is 19.9 Å². The lowest BCUT2D eigenvalue weighted by Gasteiger charge is -2.11. The molecule has 7 nitrogen and oxygen atoms in total. The molecule has 2 aromatic carbocycles. The molecule has 8 heteroatoms. The number of hydrogen-bond acceptors (Lipinski definition) is 4. The van der Waals surface area contributed by atoms with E-state index < -0.39 is 11.5 Å². The van der Waals surface area contributed by atoms with Crippen molar-refractivity contribution in [2.75, 3.05) is 12.4 Å². The van der Waals surface area contributed by atoms with Crippen molar-refractivity contribution in [2.45, 2.75) is 6.92 Å². The molecule has 2 heterocycles. The number of aromatic amines is 1. The Labute approximate surface area is 165 Å². The lowest BCUT2D eigenvalue weighted by molar-refractivity contribution is 0.0963. The number of para-hydroxylation sites is 1. The molecule has 1 amide bonds. The van der Waals surface area contributed by atoms with Gasteiger partial charge in [0.2, 0.25) is 0 Å². The van der Waals surface area contributed by atoms with Crippen molar-refractivity contribution >= 4 is 28.4 Å². The largest absolute Gasteiger partial charge is 0.355 e. The third-order valence-corrected chi connectivity index (χ3v) is 4.62. The number of imidazole rings is 1. The normalized spacial score (nSPS) is 10.9. The lowest BCUT2D eigenvalue weighted by atomic mass is 10.1. The molecule has 0 aliphatic carbocycles. The summed E-state index contributed by atoms with van der Waals surface area (Å²) < 4.78 is 15.4. The van der Waals surface area contributed by atoms with Gasteiger partial charge < -0.3 is 15.6 Å². The first-order valence-corrected chi connectivity index (χ1v) is 8.93. The van der Waals surface area contributed by atoms with Crippen LogP contribution in [0, 0.1) is 12.7 Å². The molecule has 2 aromatic heterocycles. The van der Waals surface area contributed by atoms with Crippen LogP contribution in [0.25, 0.3) is 16.9 Å². The maximum absolute atomic E-state index is 14.2. The number of H-pyrrole nitrogens is 1. The molecular weight excluding hydrogens is 373 g/mol. The van der Waals surface area contributed by atoms with Gasteiger partial charge in [0.15, 0.2) is 5.65 Å². The average molecular weight is 391 g/mol. The van der Waals surface area contributed by atoms with Crippen molar-refractivity contribution in [1.29, 1.82) is 0 Å². The zero-order valence-electron chi connectivity index (χ0n) is 15.8. The topological polar surface area (TPSA) is 91.8 Å². The highest BCUT2D eigenvalue weighted by Gasteiger charge is 2.14. The predicted octanol–water partition coefficient (Wildman–Crippen LogP) is 3.26. The van der Waals surface area contributed by atoms with Crippen LogP contribution in [0.4, 0.5) is 15.8 Å². The van der Waals surface area contributed by atoms with E-state index >= 15 is 0 Å². The van der Waals surface area contributed by atoms with Crippen molar-refractivity contribution in [2.24, 2.45) is 0 Å². The van der Waals surface area contributed by atoms with Gasteiger partial charge in [-0.3, -0.25) is 4.79 Å². The summed E-state index contributed by atoms with van der Waals surface area (Å²) in [5.41, 5.74) is 3.26. The Balaban J connectivity index is 1.74. The molecule has 0 aliphatic rings. The van der Waals surface area contributed by atoms with Gasteiger partial charge in [0, 0.05) is 18.3 Å². The molecule has 0 fully saturated rings. The van der Waals surface area contributed by atoms with Crippen molar-refractivity contribution in [3.05, 3.63) is 82.2 Å². The third kappa shape index (κ3) is 3.36. The maximum Gasteiger partial charge on any atom is 0.332 e. The number of nitrogens with zero attached hydrogens (tertiary/aromatic N) is 2. The monoisotopic (exact) mass is 391 g/mol. The van der Waals surface area contributed by atoms with Gasteiger partial charge in [-0.25, -0.2) is 18.7 Å². The summed E-state index contributed by atoms with van der Waals surface area (Å²) in [5, 5.41) is 5.81. The summed E-state index contributed by atoms with van der Waals surface area (Å²) in [6.07, 6.45) is 1.55. The standard InChI is InChI=1S/C21H18FN5O2/c1-12-7-8-13(20(28)23-2)9-16(12)25-14-10-17-19(24-11-14)27(21(29)26-17)18-6-4-3-5-15(18)22/h3-11,25H,1-2H3,(H,23,28)(H,26,29). The van der Waals surface area contributed by atoms with Gasteiger partial charge in [-0.15, -0.1) is 0 Å². The molecule has 29 heavy (non-hydrogen) atoms. The van der Waals surface area contributed by atoms with E-state index in [4.69, 9.17) is 0 Å². The van der Waals surface area contributed by atoms with Crippen LogP contribution in [0.2, 0.25) is 0 Å². The van der Waals surface area contributed by atoms with E-state index in [1.165, 1.54) is 16.7 Å². The molecule has 146 valence electrons. The fraction of sp³-hybridized carbons (Fsp3) is 0.0952. The number of pyridine rings is 1. The van der Waals surface area contributed by atoms with E-state index in [0.29, 0.717) is 22.4 Å². The number of carbonyl (C=O) groups excluding carboxylic acids is 1. The fourth-order valence-electron chi connectivity index (χ4n) is 3.12. The highest BCUT2D eigenvalue weighted by atomic mass is 19.1. The Kier molecular flexibility index (Phi) is 4.59. The molecule has 0 atom stereocenters. The van der Waals surface area contributed by atoms with Crippen LogP contribution in [0.15, 0.2) is 59.5 Å². The van der Waals surface area contributed by atoms with Crippen LogP contribution in [0.1, 0.15) is 15.9 Å². The molecule has 0 radical (unpaired) electrons. The van der Waals surface area contributed by atoms with Crippen molar-refractivity contribution in [3.63, 3.8) is 0 Å². The first-order chi connectivity index (χ1) is 14.0. The molecule has 3 N–H and O–H groups in total. The Hall–Kier alpha value is -3.94. The summed E-state index contributed by atoms with van der Waals surface area (Å²) in [6.45, 7) is 1.92. The summed E-state index contributed by atoms with van der Waals surface area (Å²) in [5.74, 6) is -0.700. The highest BCUT2D eigenvalue weighted by molar-refractivity contribution is 5.95. The number of aromatic nitrogens is 3. The number of amides is 1. The Bertz CT molecular complexity index is 1290. The zero-order chi connectivity index (χ0) is 20.5. The molecule has 0 aliphatic heterocycles. The highest BCUT2D eigenvalue weighted by Crippen LogP contribution is 2.24. The van der Waals surface area contributed by atoms with E-state index in [1.807, 2.05) is 13.0 Å². The number of benzene rings is 2. The molecule has 4 aromatic rings. The Morgan fingerprint density at radius 3 is 2.72 bits per heavy atom. The SMILES string of the molecule is CNC(=O)c1ccc(C)c(Nc2cnc3c(c2)[nH]c(=O)n3-c2ccccc2F)c1. The first-order valence-electron chi connectivity index (χ1n) is 8.93. The lowest BCUT2D eigenvalue weighted by Crippen LogP contribution is -2.17. The Morgan fingerprint density at radius 2 is 1.97 bits per heavy atom. The molecular formula is C21H18FN5O2. The second-order valence-corrected chi connectivity index (χ2v) is 6.55. The second kappa shape index (κ2) is 7.23. The summed E-state index contributed by atoms with van der Waals surface area (Å²) in [6, 6.07) is 13.1. The van der Waals surface area contributed by atoms with Gasteiger partial charge in [0.1, 0.15) is 5.82 Å².